The molecule has 0 atom stereocenters. The molecule has 0 heterocycles. The SMILES string of the molecule is O=C([O-])C(O)(O)O.O=C([O-])C(O)(O)O.O=C([O-])C(O)(O)O.[Al+3]. The molecular formula is C6H9AlO15. The van der Waals surface area contributed by atoms with Crippen molar-refractivity contribution in [2.75, 3.05) is 0 Å². The number of aliphatic hydroxyl groups is 9. The second-order valence-electron chi connectivity index (χ2n) is 2.77. The summed E-state index contributed by atoms with van der Waals surface area (Å²) < 4.78 is 0. The van der Waals surface area contributed by atoms with Crippen LogP contribution in [0.15, 0.2) is 0 Å². The van der Waals surface area contributed by atoms with Crippen molar-refractivity contribution in [3.05, 3.63) is 0 Å². The number of carbonyl (C=O) groups is 3. The van der Waals surface area contributed by atoms with Crippen molar-refractivity contribution in [1.82, 2.24) is 0 Å². The Labute approximate surface area is 129 Å². The largest absolute Gasteiger partial charge is 3.00 e. The van der Waals surface area contributed by atoms with E-state index < -0.39 is 35.8 Å². The molecule has 0 fully saturated rings. The summed E-state index contributed by atoms with van der Waals surface area (Å²) in [6.45, 7) is 0. The standard InChI is InChI=1S/3C2H4O5.Al/c3*3-1(4)2(5,6)7;/h3*5-7H,(H,3,4);/q;;;+3/p-3. The third-order valence-corrected chi connectivity index (χ3v) is 0.822. The van der Waals surface area contributed by atoms with Crippen LogP contribution in [0.1, 0.15) is 0 Å². The molecule has 0 saturated heterocycles. The van der Waals surface area contributed by atoms with E-state index in [9.17, 15) is 0 Å². The van der Waals surface area contributed by atoms with Gasteiger partial charge in [-0.2, -0.15) is 0 Å². The fourth-order valence-electron chi connectivity index (χ4n) is 0. The number of aliphatic carboxylic acids is 3. The molecule has 0 saturated carbocycles. The fourth-order valence-corrected chi connectivity index (χ4v) is 0. The summed E-state index contributed by atoms with van der Waals surface area (Å²) in [5, 5.41) is 95.4. The molecule has 9 N–H and O–H groups in total. The molecule has 0 aromatic rings. The third-order valence-electron chi connectivity index (χ3n) is 0.822. The zero-order valence-electron chi connectivity index (χ0n) is 10.1. The van der Waals surface area contributed by atoms with E-state index in [0.717, 1.165) is 0 Å². The molecule has 16 heteroatoms. The topological polar surface area (TPSA) is 302 Å². The summed E-state index contributed by atoms with van der Waals surface area (Å²) in [7, 11) is 0. The molecule has 0 aromatic carbocycles. The van der Waals surface area contributed by atoms with Gasteiger partial charge in [0.15, 0.2) is 0 Å². The summed E-state index contributed by atoms with van der Waals surface area (Å²) in [6, 6.07) is 0. The van der Waals surface area contributed by atoms with Gasteiger partial charge in [0.05, 0.1) is 0 Å². The first-order chi connectivity index (χ1) is 8.83. The van der Waals surface area contributed by atoms with Gasteiger partial charge < -0.3 is 75.7 Å². The van der Waals surface area contributed by atoms with Gasteiger partial charge in [0.25, 0.3) is 0 Å². The maximum Gasteiger partial charge on any atom is 3.00 e. The Kier molecular flexibility index (Phi) is 13.5. The van der Waals surface area contributed by atoms with Gasteiger partial charge in [0.2, 0.25) is 0 Å². The predicted octanol–water partition coefficient (Wildman–Crippen LogP) is -11.3. The minimum Gasteiger partial charge on any atom is -0.542 e. The molecule has 22 heavy (non-hydrogen) atoms. The van der Waals surface area contributed by atoms with E-state index in [1.54, 1.807) is 0 Å². The molecule has 0 aliphatic rings. The number of carboxylic acids is 3. The molecule has 15 nitrogen and oxygen atoms in total. The Bertz CT molecular complexity index is 299. The Hall–Kier alpha value is -1.42. The van der Waals surface area contributed by atoms with Gasteiger partial charge in [-0.3, -0.25) is 0 Å². The number of hydrogen-bond donors (Lipinski definition) is 9. The second-order valence-corrected chi connectivity index (χ2v) is 2.77. The van der Waals surface area contributed by atoms with Crippen molar-refractivity contribution in [3.63, 3.8) is 0 Å². The molecule has 0 aromatic heterocycles. The van der Waals surface area contributed by atoms with E-state index >= 15 is 0 Å². The van der Waals surface area contributed by atoms with Crippen LogP contribution >= 0.6 is 0 Å². The predicted molar refractivity (Wildman–Crippen MR) is 48.9 cm³/mol. The average molecular weight is 348 g/mol. The van der Waals surface area contributed by atoms with E-state index in [4.69, 9.17) is 75.7 Å². The Morgan fingerprint density at radius 1 is 0.500 bits per heavy atom. The Balaban J connectivity index is -0.000000108. The smallest absolute Gasteiger partial charge is 0.542 e. The van der Waals surface area contributed by atoms with Crippen LogP contribution in [0.5, 0.6) is 0 Å². The van der Waals surface area contributed by atoms with Crippen molar-refractivity contribution in [1.29, 1.82) is 0 Å². The molecule has 0 rings (SSSR count). The van der Waals surface area contributed by atoms with Gasteiger partial charge >= 0.3 is 35.3 Å². The van der Waals surface area contributed by atoms with E-state index in [-0.39, 0.29) is 17.4 Å². The molecular weight excluding hydrogens is 339 g/mol. The van der Waals surface area contributed by atoms with Crippen LogP contribution < -0.4 is 15.3 Å². The minimum atomic E-state index is -3.69. The van der Waals surface area contributed by atoms with Crippen LogP contribution in [-0.4, -0.2) is 99.1 Å². The van der Waals surface area contributed by atoms with Crippen LogP contribution in [-0.2, 0) is 14.4 Å². The first-order valence-corrected chi connectivity index (χ1v) is 3.99. The van der Waals surface area contributed by atoms with Crippen LogP contribution in [0.3, 0.4) is 0 Å². The van der Waals surface area contributed by atoms with Gasteiger partial charge in [-0.25, -0.2) is 0 Å². The van der Waals surface area contributed by atoms with E-state index in [0.29, 0.717) is 0 Å². The molecule has 0 aliphatic carbocycles. The quantitative estimate of drug-likeness (QED) is 0.169. The summed E-state index contributed by atoms with van der Waals surface area (Å²) >= 11 is 0. The van der Waals surface area contributed by atoms with E-state index in [1.807, 2.05) is 0 Å². The summed E-state index contributed by atoms with van der Waals surface area (Å²) in [5.74, 6) is -18.1. The van der Waals surface area contributed by atoms with Crippen molar-refractivity contribution >= 4 is 35.3 Å². The molecule has 0 unspecified atom stereocenters. The van der Waals surface area contributed by atoms with Crippen molar-refractivity contribution in [2.24, 2.45) is 0 Å². The summed E-state index contributed by atoms with van der Waals surface area (Å²) in [5.41, 5.74) is 0. The first-order valence-electron chi connectivity index (χ1n) is 3.99. The van der Waals surface area contributed by atoms with Gasteiger partial charge in [0.1, 0.15) is 17.9 Å². The van der Waals surface area contributed by atoms with Crippen molar-refractivity contribution in [3.8, 4) is 0 Å². The Morgan fingerprint density at radius 2 is 0.545 bits per heavy atom. The molecule has 0 spiro atoms. The average Bonchev–Trinajstić information content (AvgIpc) is 2.14. The third kappa shape index (κ3) is 20.9. The summed E-state index contributed by atoms with van der Waals surface area (Å²) in [4.78, 5) is 27.5. The second kappa shape index (κ2) is 10.3. The first kappa shape index (κ1) is 28.7. The number of hydrogen-bond acceptors (Lipinski definition) is 15. The molecule has 0 amide bonds. The molecule has 0 radical (unpaired) electrons. The molecule has 126 valence electrons. The van der Waals surface area contributed by atoms with Crippen LogP contribution in [0.4, 0.5) is 0 Å². The summed E-state index contributed by atoms with van der Waals surface area (Å²) in [6.07, 6.45) is 0. The number of carbonyl (C=O) groups excluding carboxylic acids is 3. The van der Waals surface area contributed by atoms with Crippen molar-refractivity contribution in [2.45, 2.75) is 17.9 Å². The zero-order chi connectivity index (χ0) is 18.2. The fraction of sp³-hybridized carbons (Fsp3) is 0.500. The van der Waals surface area contributed by atoms with Crippen LogP contribution in [0.2, 0.25) is 0 Å². The number of carboxylic acid groups (broad SMARTS) is 3. The van der Waals surface area contributed by atoms with Gasteiger partial charge in [0, 0.05) is 0 Å². The van der Waals surface area contributed by atoms with Gasteiger partial charge in [-0.15, -0.1) is 0 Å². The number of rotatable bonds is 3. The normalized spacial score (nSPS) is 10.8. The molecule has 0 aliphatic heterocycles. The zero-order valence-corrected chi connectivity index (χ0v) is 11.2. The molecule has 0 bridgehead atoms. The maximum atomic E-state index is 9.16. The van der Waals surface area contributed by atoms with Gasteiger partial charge in [-0.05, 0) is 0 Å². The van der Waals surface area contributed by atoms with E-state index in [2.05, 4.69) is 0 Å². The van der Waals surface area contributed by atoms with Crippen LogP contribution in [0, 0.1) is 0 Å². The van der Waals surface area contributed by atoms with Gasteiger partial charge in [-0.1, -0.05) is 0 Å². The van der Waals surface area contributed by atoms with E-state index in [1.165, 1.54) is 0 Å². The minimum absolute atomic E-state index is 0. The van der Waals surface area contributed by atoms with Crippen LogP contribution in [0.25, 0.3) is 0 Å². The Morgan fingerprint density at radius 3 is 0.545 bits per heavy atom. The van der Waals surface area contributed by atoms with Crippen molar-refractivity contribution < 1.29 is 75.7 Å². The maximum absolute atomic E-state index is 9.16. The monoisotopic (exact) mass is 348 g/mol.